The fourth-order valence-electron chi connectivity index (χ4n) is 3.34. The smallest absolute Gasteiger partial charge is 0.266 e. The second-order valence-corrected chi connectivity index (χ2v) is 8.11. The number of carbonyl (C=O) groups excluding carboxylic acids is 1. The molecule has 1 aromatic heterocycles. The minimum atomic E-state index is -0.0935. The van der Waals surface area contributed by atoms with Crippen LogP contribution in [0.1, 0.15) is 20.3 Å². The summed E-state index contributed by atoms with van der Waals surface area (Å²) in [7, 11) is 1.65. The summed E-state index contributed by atoms with van der Waals surface area (Å²) < 4.78 is 11.0. The lowest BCUT2D eigenvalue weighted by Crippen LogP contribution is -2.37. The van der Waals surface area contributed by atoms with Crippen molar-refractivity contribution in [1.82, 2.24) is 9.88 Å². The van der Waals surface area contributed by atoms with Crippen LogP contribution in [0.2, 0.25) is 0 Å². The number of amides is 1. The maximum atomic E-state index is 13.1. The van der Waals surface area contributed by atoms with E-state index < -0.39 is 0 Å². The normalized spacial score (nSPS) is 10.9. The van der Waals surface area contributed by atoms with Gasteiger partial charge in [0.2, 0.25) is 0 Å². The van der Waals surface area contributed by atoms with E-state index in [4.69, 9.17) is 14.5 Å². The Kier molecular flexibility index (Phi) is 9.07. The third kappa shape index (κ3) is 6.55. The summed E-state index contributed by atoms with van der Waals surface area (Å²) in [6, 6.07) is 17.2. The van der Waals surface area contributed by atoms with Gasteiger partial charge in [-0.05, 0) is 62.5 Å². The van der Waals surface area contributed by atoms with Gasteiger partial charge in [0.1, 0.15) is 11.5 Å². The molecule has 0 aliphatic heterocycles. The van der Waals surface area contributed by atoms with Gasteiger partial charge < -0.3 is 14.4 Å². The Morgan fingerprint density at radius 2 is 1.69 bits per heavy atom. The number of hydrogen-bond acceptors (Lipinski definition) is 6. The molecule has 1 heterocycles. The molecule has 32 heavy (non-hydrogen) atoms. The van der Waals surface area contributed by atoms with Crippen LogP contribution >= 0.6 is 11.3 Å². The Balaban J connectivity index is 1.73. The van der Waals surface area contributed by atoms with E-state index in [1.54, 1.807) is 12.0 Å². The quantitative estimate of drug-likeness (QED) is 0.388. The van der Waals surface area contributed by atoms with Crippen LogP contribution < -0.4 is 14.4 Å². The van der Waals surface area contributed by atoms with Gasteiger partial charge in [0, 0.05) is 17.5 Å². The number of aromatic nitrogens is 1. The van der Waals surface area contributed by atoms with Gasteiger partial charge >= 0.3 is 0 Å². The molecule has 0 aliphatic carbocycles. The van der Waals surface area contributed by atoms with E-state index in [2.05, 4.69) is 18.7 Å². The largest absolute Gasteiger partial charge is 0.497 e. The van der Waals surface area contributed by atoms with E-state index in [0.717, 1.165) is 43.1 Å². The summed E-state index contributed by atoms with van der Waals surface area (Å²) >= 11 is 1.48. The van der Waals surface area contributed by atoms with E-state index in [1.807, 2.05) is 60.0 Å². The summed E-state index contributed by atoms with van der Waals surface area (Å²) in [6.45, 7) is 7.83. The van der Waals surface area contributed by atoms with Crippen molar-refractivity contribution in [3.63, 3.8) is 0 Å². The highest BCUT2D eigenvalue weighted by Crippen LogP contribution is 2.29. The summed E-state index contributed by atoms with van der Waals surface area (Å²) in [5.41, 5.74) is 1.84. The summed E-state index contributed by atoms with van der Waals surface area (Å²) in [5, 5.41) is 2.68. The molecule has 0 bridgehead atoms. The maximum absolute atomic E-state index is 13.1. The van der Waals surface area contributed by atoms with Crippen LogP contribution in [0.25, 0.3) is 11.3 Å². The monoisotopic (exact) mass is 453 g/mol. The van der Waals surface area contributed by atoms with Crippen molar-refractivity contribution in [2.45, 2.75) is 20.3 Å². The van der Waals surface area contributed by atoms with Gasteiger partial charge in [-0.25, -0.2) is 4.98 Å². The number of para-hydroxylation sites is 1. The van der Waals surface area contributed by atoms with Crippen molar-refractivity contribution in [3.8, 4) is 22.8 Å². The van der Waals surface area contributed by atoms with Crippen molar-refractivity contribution < 1.29 is 14.3 Å². The summed E-state index contributed by atoms with van der Waals surface area (Å²) in [5.74, 6) is 1.39. The van der Waals surface area contributed by atoms with Crippen molar-refractivity contribution in [1.29, 1.82) is 0 Å². The molecular formula is C25H31N3O3S. The zero-order valence-corrected chi connectivity index (χ0v) is 19.8. The molecule has 0 N–H and O–H groups in total. The Bertz CT molecular complexity index is 956. The molecule has 3 rings (SSSR count). The lowest BCUT2D eigenvalue weighted by molar-refractivity contribution is -0.120. The number of ether oxygens (including phenoxy) is 2. The molecule has 0 saturated carbocycles. The minimum absolute atomic E-state index is 0.0211. The zero-order valence-electron chi connectivity index (χ0n) is 19.0. The van der Waals surface area contributed by atoms with Crippen LogP contribution in [0.3, 0.4) is 0 Å². The molecule has 0 saturated heterocycles. The molecule has 7 heteroatoms. The first-order chi connectivity index (χ1) is 15.6. The van der Waals surface area contributed by atoms with Gasteiger partial charge in [-0.2, -0.15) is 0 Å². The van der Waals surface area contributed by atoms with E-state index in [9.17, 15) is 4.79 Å². The molecule has 0 aliphatic rings. The molecule has 1 amide bonds. The van der Waals surface area contributed by atoms with Crippen molar-refractivity contribution in [3.05, 3.63) is 60.0 Å². The van der Waals surface area contributed by atoms with Gasteiger partial charge in [-0.1, -0.05) is 32.0 Å². The van der Waals surface area contributed by atoms with Gasteiger partial charge in [0.25, 0.3) is 5.91 Å². The van der Waals surface area contributed by atoms with E-state index in [-0.39, 0.29) is 12.5 Å². The van der Waals surface area contributed by atoms with Crippen LogP contribution in [0.5, 0.6) is 11.5 Å². The first kappa shape index (κ1) is 23.8. The first-order valence-corrected chi connectivity index (χ1v) is 11.8. The third-order valence-corrected chi connectivity index (χ3v) is 6.13. The number of methoxy groups -OCH3 is 1. The second kappa shape index (κ2) is 12.2. The summed E-state index contributed by atoms with van der Waals surface area (Å²) in [4.78, 5) is 22.0. The van der Waals surface area contributed by atoms with Crippen molar-refractivity contribution in [2.24, 2.45) is 0 Å². The number of thiazole rings is 1. The average molecular weight is 454 g/mol. The molecule has 0 radical (unpaired) electrons. The van der Waals surface area contributed by atoms with Crippen LogP contribution in [0.15, 0.2) is 60.0 Å². The average Bonchev–Trinajstić information content (AvgIpc) is 3.33. The highest BCUT2D eigenvalue weighted by atomic mass is 32.1. The molecule has 0 spiro atoms. The second-order valence-electron chi connectivity index (χ2n) is 7.27. The highest BCUT2D eigenvalue weighted by Gasteiger charge is 2.20. The van der Waals surface area contributed by atoms with Crippen LogP contribution in [0.4, 0.5) is 5.13 Å². The number of nitrogens with zero attached hydrogens (tertiary/aromatic N) is 3. The lowest BCUT2D eigenvalue weighted by Gasteiger charge is -2.23. The van der Waals surface area contributed by atoms with E-state index in [1.165, 1.54) is 11.3 Å². The Labute approximate surface area is 194 Å². The molecule has 2 aromatic carbocycles. The van der Waals surface area contributed by atoms with Crippen LogP contribution in [0, 0.1) is 0 Å². The van der Waals surface area contributed by atoms with Gasteiger partial charge in [-0.15, -0.1) is 11.3 Å². The predicted octanol–water partition coefficient (Wildman–Crippen LogP) is 4.96. The topological polar surface area (TPSA) is 54.9 Å². The minimum Gasteiger partial charge on any atom is -0.497 e. The Morgan fingerprint density at radius 3 is 2.34 bits per heavy atom. The SMILES string of the molecule is CCN(CC)CCCN(C(=O)COc1ccccc1)c1nc(-c2ccc(OC)cc2)cs1. The number of anilines is 1. The van der Waals surface area contributed by atoms with E-state index >= 15 is 0 Å². The fourth-order valence-corrected chi connectivity index (χ4v) is 4.22. The summed E-state index contributed by atoms with van der Waals surface area (Å²) in [6.07, 6.45) is 0.871. The molecular weight excluding hydrogens is 422 g/mol. The van der Waals surface area contributed by atoms with Gasteiger partial charge in [-0.3, -0.25) is 9.69 Å². The predicted molar refractivity (Wildman–Crippen MR) is 131 cm³/mol. The van der Waals surface area contributed by atoms with Crippen LogP contribution in [-0.2, 0) is 4.79 Å². The van der Waals surface area contributed by atoms with Crippen LogP contribution in [-0.4, -0.2) is 55.7 Å². The van der Waals surface area contributed by atoms with Crippen molar-refractivity contribution in [2.75, 3.05) is 44.8 Å². The molecule has 170 valence electrons. The molecule has 0 unspecified atom stereocenters. The lowest BCUT2D eigenvalue weighted by atomic mass is 10.2. The third-order valence-electron chi connectivity index (χ3n) is 5.27. The number of hydrogen-bond donors (Lipinski definition) is 0. The molecule has 0 fully saturated rings. The fraction of sp³-hybridized carbons (Fsp3) is 0.360. The maximum Gasteiger partial charge on any atom is 0.266 e. The Hall–Kier alpha value is -2.90. The Morgan fingerprint density at radius 1 is 0.969 bits per heavy atom. The van der Waals surface area contributed by atoms with Gasteiger partial charge in [0.05, 0.1) is 12.8 Å². The van der Waals surface area contributed by atoms with Gasteiger partial charge in [0.15, 0.2) is 11.7 Å². The first-order valence-electron chi connectivity index (χ1n) is 10.9. The number of rotatable bonds is 12. The molecule has 0 atom stereocenters. The molecule has 6 nitrogen and oxygen atoms in total. The van der Waals surface area contributed by atoms with Crippen molar-refractivity contribution >= 4 is 22.4 Å². The number of benzene rings is 2. The number of carbonyl (C=O) groups is 1. The highest BCUT2D eigenvalue weighted by molar-refractivity contribution is 7.14. The molecule has 3 aromatic rings. The van der Waals surface area contributed by atoms with E-state index in [0.29, 0.717) is 17.4 Å². The standard InChI is InChI=1S/C25H31N3O3S/c1-4-27(5-2)16-9-17-28(24(29)18-31-22-10-7-6-8-11-22)25-26-23(19-32-25)20-12-14-21(30-3)15-13-20/h6-8,10-15,19H,4-5,9,16-18H2,1-3H3. The zero-order chi connectivity index (χ0) is 22.8.